The van der Waals surface area contributed by atoms with Crippen LogP contribution >= 0.6 is 0 Å². The molecule has 6 nitrogen and oxygen atoms in total. The summed E-state index contributed by atoms with van der Waals surface area (Å²) < 4.78 is 13.0. The zero-order chi connectivity index (χ0) is 15.4. The molecule has 1 atom stereocenters. The summed E-state index contributed by atoms with van der Waals surface area (Å²) in [5.74, 6) is 0.398. The van der Waals surface area contributed by atoms with Crippen molar-refractivity contribution in [1.82, 2.24) is 20.6 Å². The molecule has 1 amide bonds. The largest absolute Gasteiger partial charge is 0.368 e. The summed E-state index contributed by atoms with van der Waals surface area (Å²) in [5, 5.41) is 6.06. The Hall–Kier alpha value is -2.41. The van der Waals surface area contributed by atoms with Gasteiger partial charge in [-0.15, -0.1) is 0 Å². The summed E-state index contributed by atoms with van der Waals surface area (Å²) in [7, 11) is 0. The van der Waals surface area contributed by atoms with Gasteiger partial charge in [-0.05, 0) is 24.3 Å². The lowest BCUT2D eigenvalue weighted by molar-refractivity contribution is -0.123. The lowest BCUT2D eigenvalue weighted by Gasteiger charge is -2.34. The van der Waals surface area contributed by atoms with Crippen LogP contribution in [0.3, 0.4) is 0 Å². The number of halogens is 1. The van der Waals surface area contributed by atoms with E-state index in [4.69, 9.17) is 0 Å². The second-order valence-corrected chi connectivity index (χ2v) is 5.18. The van der Waals surface area contributed by atoms with Crippen LogP contribution in [0.2, 0.25) is 0 Å². The number of aromatic amines is 1. The number of imidazole rings is 1. The van der Waals surface area contributed by atoms with Crippen molar-refractivity contribution in [1.29, 1.82) is 0 Å². The molecule has 3 rings (SSSR count). The molecule has 1 aromatic heterocycles. The average molecular weight is 303 g/mol. The Morgan fingerprint density at radius 3 is 2.95 bits per heavy atom. The van der Waals surface area contributed by atoms with E-state index in [1.165, 1.54) is 12.1 Å². The first-order valence-corrected chi connectivity index (χ1v) is 7.22. The number of nitrogens with one attached hydrogen (secondary N) is 3. The second-order valence-electron chi connectivity index (χ2n) is 5.18. The Bertz CT molecular complexity index is 613. The van der Waals surface area contributed by atoms with E-state index in [1.54, 1.807) is 24.5 Å². The Kier molecular flexibility index (Phi) is 4.34. The predicted molar refractivity (Wildman–Crippen MR) is 80.8 cm³/mol. The molecule has 2 heterocycles. The van der Waals surface area contributed by atoms with Crippen molar-refractivity contribution in [2.45, 2.75) is 12.6 Å². The third-order valence-corrected chi connectivity index (χ3v) is 3.67. The molecule has 0 radical (unpaired) electrons. The molecule has 7 heteroatoms. The number of nitrogens with zero attached hydrogens (tertiary/aromatic N) is 2. The van der Waals surface area contributed by atoms with Crippen LogP contribution in [-0.2, 0) is 11.3 Å². The molecule has 1 saturated heterocycles. The minimum absolute atomic E-state index is 0.0665. The quantitative estimate of drug-likeness (QED) is 0.775. The van der Waals surface area contributed by atoms with Gasteiger partial charge < -0.3 is 20.5 Å². The Morgan fingerprint density at radius 2 is 2.23 bits per heavy atom. The number of benzene rings is 1. The summed E-state index contributed by atoms with van der Waals surface area (Å²) in [6, 6.07) is 6.04. The first-order valence-electron chi connectivity index (χ1n) is 7.22. The first-order chi connectivity index (χ1) is 10.7. The fourth-order valence-corrected chi connectivity index (χ4v) is 2.50. The van der Waals surface area contributed by atoms with E-state index in [-0.39, 0.29) is 17.8 Å². The Balaban J connectivity index is 1.57. The number of amides is 1. The van der Waals surface area contributed by atoms with Crippen molar-refractivity contribution in [2.24, 2.45) is 0 Å². The van der Waals surface area contributed by atoms with Gasteiger partial charge in [0.2, 0.25) is 5.91 Å². The molecule has 3 N–H and O–H groups in total. The van der Waals surface area contributed by atoms with E-state index in [2.05, 4.69) is 25.5 Å². The number of H-pyrrole nitrogens is 1. The number of carbonyl (C=O) groups is 1. The summed E-state index contributed by atoms with van der Waals surface area (Å²) in [6.07, 6.45) is 3.37. The van der Waals surface area contributed by atoms with Crippen LogP contribution in [0, 0.1) is 5.82 Å². The maximum absolute atomic E-state index is 13.0. The van der Waals surface area contributed by atoms with Crippen LogP contribution < -0.4 is 15.5 Å². The molecule has 1 fully saturated rings. The molecule has 1 unspecified atom stereocenters. The van der Waals surface area contributed by atoms with Gasteiger partial charge in [0.1, 0.15) is 17.7 Å². The van der Waals surface area contributed by atoms with Gasteiger partial charge in [-0.25, -0.2) is 9.37 Å². The number of hydrogen-bond donors (Lipinski definition) is 3. The first kappa shape index (κ1) is 14.5. The molecule has 0 bridgehead atoms. The van der Waals surface area contributed by atoms with E-state index >= 15 is 0 Å². The van der Waals surface area contributed by atoms with E-state index in [0.717, 1.165) is 18.1 Å². The van der Waals surface area contributed by atoms with E-state index in [1.807, 2.05) is 0 Å². The number of anilines is 1. The van der Waals surface area contributed by atoms with Crippen LogP contribution in [0.25, 0.3) is 0 Å². The van der Waals surface area contributed by atoms with Gasteiger partial charge in [0.15, 0.2) is 0 Å². The summed E-state index contributed by atoms with van der Waals surface area (Å²) in [4.78, 5) is 21.3. The van der Waals surface area contributed by atoms with Gasteiger partial charge in [0.05, 0.1) is 6.54 Å². The van der Waals surface area contributed by atoms with Crippen LogP contribution in [0.4, 0.5) is 10.1 Å². The standard InChI is InChI=1S/C15H18FN5O/c16-11-1-3-12(4-2-11)21-8-7-17-13(10-21)15(22)20-9-14-18-5-6-19-14/h1-6,13,17H,7-10H2,(H,18,19)(H,20,22). The average Bonchev–Trinajstić information content (AvgIpc) is 3.07. The maximum Gasteiger partial charge on any atom is 0.239 e. The maximum atomic E-state index is 13.0. The molecule has 1 aliphatic rings. The van der Waals surface area contributed by atoms with Crippen LogP contribution in [0.1, 0.15) is 5.82 Å². The molecule has 22 heavy (non-hydrogen) atoms. The second kappa shape index (κ2) is 6.57. The molecule has 0 spiro atoms. The van der Waals surface area contributed by atoms with Crippen LogP contribution in [0.5, 0.6) is 0 Å². The lowest BCUT2D eigenvalue weighted by Crippen LogP contribution is -2.57. The monoisotopic (exact) mass is 303 g/mol. The topological polar surface area (TPSA) is 73.0 Å². The minimum Gasteiger partial charge on any atom is -0.368 e. The number of piperazine rings is 1. The van der Waals surface area contributed by atoms with Gasteiger partial charge in [-0.2, -0.15) is 0 Å². The SMILES string of the molecule is O=C(NCc1ncc[nH]1)C1CN(c2ccc(F)cc2)CCN1. The van der Waals surface area contributed by atoms with E-state index < -0.39 is 0 Å². The van der Waals surface area contributed by atoms with Crippen molar-refractivity contribution in [3.63, 3.8) is 0 Å². The highest BCUT2D eigenvalue weighted by atomic mass is 19.1. The van der Waals surface area contributed by atoms with Crippen LogP contribution in [-0.4, -0.2) is 41.6 Å². The molecule has 1 aliphatic heterocycles. The lowest BCUT2D eigenvalue weighted by atomic mass is 10.1. The fourth-order valence-electron chi connectivity index (χ4n) is 2.50. The molecular weight excluding hydrogens is 285 g/mol. The molecule has 0 saturated carbocycles. The number of aromatic nitrogens is 2. The minimum atomic E-state index is -0.297. The molecule has 1 aromatic carbocycles. The fraction of sp³-hybridized carbons (Fsp3) is 0.333. The van der Waals surface area contributed by atoms with E-state index in [9.17, 15) is 9.18 Å². The molecule has 116 valence electrons. The van der Waals surface area contributed by atoms with Gasteiger partial charge in [-0.1, -0.05) is 0 Å². The third kappa shape index (κ3) is 3.43. The Labute approximate surface area is 127 Å². The third-order valence-electron chi connectivity index (χ3n) is 3.67. The summed E-state index contributed by atoms with van der Waals surface area (Å²) in [5.41, 5.74) is 0.923. The highest BCUT2D eigenvalue weighted by Crippen LogP contribution is 2.16. The molecular formula is C15H18FN5O. The highest BCUT2D eigenvalue weighted by Gasteiger charge is 2.25. The van der Waals surface area contributed by atoms with Gasteiger partial charge in [-0.3, -0.25) is 4.79 Å². The zero-order valence-electron chi connectivity index (χ0n) is 12.1. The van der Waals surface area contributed by atoms with Crippen molar-refractivity contribution in [3.05, 3.63) is 48.3 Å². The smallest absolute Gasteiger partial charge is 0.239 e. The van der Waals surface area contributed by atoms with Crippen molar-refractivity contribution >= 4 is 11.6 Å². The predicted octanol–water partition coefficient (Wildman–Crippen LogP) is 0.643. The summed E-state index contributed by atoms with van der Waals surface area (Å²) >= 11 is 0. The summed E-state index contributed by atoms with van der Waals surface area (Å²) in [6.45, 7) is 2.42. The Morgan fingerprint density at radius 1 is 1.41 bits per heavy atom. The normalized spacial score (nSPS) is 18.2. The molecule has 0 aliphatic carbocycles. The number of hydrogen-bond acceptors (Lipinski definition) is 4. The highest BCUT2D eigenvalue weighted by molar-refractivity contribution is 5.82. The van der Waals surface area contributed by atoms with Crippen molar-refractivity contribution < 1.29 is 9.18 Å². The van der Waals surface area contributed by atoms with Crippen molar-refractivity contribution in [2.75, 3.05) is 24.5 Å². The van der Waals surface area contributed by atoms with E-state index in [0.29, 0.717) is 19.6 Å². The van der Waals surface area contributed by atoms with Crippen molar-refractivity contribution in [3.8, 4) is 0 Å². The van der Waals surface area contributed by atoms with Gasteiger partial charge in [0.25, 0.3) is 0 Å². The van der Waals surface area contributed by atoms with Gasteiger partial charge >= 0.3 is 0 Å². The van der Waals surface area contributed by atoms with Crippen LogP contribution in [0.15, 0.2) is 36.7 Å². The zero-order valence-corrected chi connectivity index (χ0v) is 12.1. The molecule has 2 aromatic rings. The van der Waals surface area contributed by atoms with Gasteiger partial charge in [0, 0.05) is 37.7 Å². The number of rotatable bonds is 4. The number of carbonyl (C=O) groups excluding carboxylic acids is 1.